The van der Waals surface area contributed by atoms with Crippen molar-refractivity contribution >= 4 is 11.9 Å². The molecule has 164 valence electrons. The quantitative estimate of drug-likeness (QED) is 0.307. The second-order valence-electron chi connectivity index (χ2n) is 8.90. The van der Waals surface area contributed by atoms with Gasteiger partial charge in [0.2, 0.25) is 0 Å². The Kier molecular flexibility index (Phi) is 11.0. The zero-order valence-electron chi connectivity index (χ0n) is 19.4. The average molecular weight is 405 g/mol. The van der Waals surface area contributed by atoms with Crippen molar-refractivity contribution in [2.24, 2.45) is 17.8 Å². The predicted octanol–water partition coefficient (Wildman–Crippen LogP) is 6.21. The molecule has 4 nitrogen and oxygen atoms in total. The van der Waals surface area contributed by atoms with Gasteiger partial charge in [0.1, 0.15) is 6.10 Å². The third-order valence-electron chi connectivity index (χ3n) is 5.62. The van der Waals surface area contributed by atoms with Crippen molar-refractivity contribution in [3.63, 3.8) is 0 Å². The molecule has 0 saturated carbocycles. The lowest BCUT2D eigenvalue weighted by molar-refractivity contribution is -0.156. The summed E-state index contributed by atoms with van der Waals surface area (Å²) in [4.78, 5) is 24.1. The van der Waals surface area contributed by atoms with Crippen LogP contribution < -0.4 is 0 Å². The fourth-order valence-corrected chi connectivity index (χ4v) is 2.97. The Bertz CT molecular complexity index is 618. The van der Waals surface area contributed by atoms with Crippen LogP contribution in [-0.2, 0) is 20.7 Å². The number of hydrogen-bond donors (Lipinski definition) is 0. The number of aryl methyl sites for hydroxylation is 1. The van der Waals surface area contributed by atoms with Crippen molar-refractivity contribution in [2.75, 3.05) is 0 Å². The molecule has 0 heterocycles. The molecule has 0 spiro atoms. The maximum atomic E-state index is 12.3. The Labute approximate surface area is 177 Å². The number of rotatable bonds is 12. The van der Waals surface area contributed by atoms with E-state index in [1.165, 1.54) is 5.56 Å². The standard InChI is InChI=1S/C25H40O4/c1-17(2)21(7)29-24(26)20(6)19(5)11-9-8-10-12-22-13-15-23(16-14-22)25(27)28-18(3)4/h13-21H,8-12H2,1-7H3. The zero-order valence-corrected chi connectivity index (χ0v) is 19.4. The van der Waals surface area contributed by atoms with Gasteiger partial charge >= 0.3 is 11.9 Å². The minimum absolute atomic E-state index is 0.0317. The molecule has 0 fully saturated rings. The van der Waals surface area contributed by atoms with Gasteiger partial charge in [-0.1, -0.05) is 52.7 Å². The topological polar surface area (TPSA) is 52.6 Å². The fourth-order valence-electron chi connectivity index (χ4n) is 2.97. The van der Waals surface area contributed by atoms with Crippen LogP contribution >= 0.6 is 0 Å². The Morgan fingerprint density at radius 2 is 1.45 bits per heavy atom. The van der Waals surface area contributed by atoms with Gasteiger partial charge in [0, 0.05) is 0 Å². The molecule has 0 aliphatic carbocycles. The van der Waals surface area contributed by atoms with E-state index in [-0.39, 0.29) is 30.1 Å². The summed E-state index contributed by atoms with van der Waals surface area (Å²) in [6.45, 7) is 13.9. The van der Waals surface area contributed by atoms with Crippen LogP contribution in [0.2, 0.25) is 0 Å². The Hall–Kier alpha value is -1.84. The maximum Gasteiger partial charge on any atom is 0.338 e. The summed E-state index contributed by atoms with van der Waals surface area (Å²) in [6.07, 6.45) is 5.24. The molecule has 0 aliphatic rings. The molecule has 4 heteroatoms. The van der Waals surface area contributed by atoms with E-state index in [0.717, 1.165) is 32.1 Å². The van der Waals surface area contributed by atoms with Gasteiger partial charge in [-0.3, -0.25) is 4.79 Å². The first-order chi connectivity index (χ1) is 13.6. The van der Waals surface area contributed by atoms with Crippen LogP contribution in [0.15, 0.2) is 24.3 Å². The summed E-state index contributed by atoms with van der Waals surface area (Å²) in [7, 11) is 0. The van der Waals surface area contributed by atoms with Crippen LogP contribution in [0, 0.1) is 17.8 Å². The van der Waals surface area contributed by atoms with Crippen molar-refractivity contribution in [1.29, 1.82) is 0 Å². The summed E-state index contributed by atoms with van der Waals surface area (Å²) in [6, 6.07) is 7.70. The van der Waals surface area contributed by atoms with E-state index in [1.807, 2.05) is 52.0 Å². The first kappa shape index (κ1) is 25.2. The summed E-state index contributed by atoms with van der Waals surface area (Å²) >= 11 is 0. The fraction of sp³-hybridized carbons (Fsp3) is 0.680. The van der Waals surface area contributed by atoms with Crippen molar-refractivity contribution < 1.29 is 19.1 Å². The highest BCUT2D eigenvalue weighted by atomic mass is 16.5. The van der Waals surface area contributed by atoms with Crippen LogP contribution in [0.5, 0.6) is 0 Å². The molecule has 0 N–H and O–H groups in total. The van der Waals surface area contributed by atoms with Gasteiger partial charge in [0.05, 0.1) is 17.6 Å². The normalized spacial score (nSPS) is 14.5. The molecule has 0 aromatic heterocycles. The van der Waals surface area contributed by atoms with E-state index in [4.69, 9.17) is 9.47 Å². The van der Waals surface area contributed by atoms with E-state index in [9.17, 15) is 9.59 Å². The minimum atomic E-state index is -0.268. The zero-order chi connectivity index (χ0) is 22.0. The van der Waals surface area contributed by atoms with Crippen LogP contribution in [0.25, 0.3) is 0 Å². The van der Waals surface area contributed by atoms with E-state index < -0.39 is 0 Å². The molecule has 1 rings (SSSR count). The number of benzene rings is 1. The average Bonchev–Trinajstić information content (AvgIpc) is 2.66. The first-order valence-corrected chi connectivity index (χ1v) is 11.1. The minimum Gasteiger partial charge on any atom is -0.462 e. The molecule has 0 amide bonds. The Balaban J connectivity index is 2.29. The molecule has 0 aliphatic heterocycles. The van der Waals surface area contributed by atoms with Gasteiger partial charge in [0.25, 0.3) is 0 Å². The summed E-state index contributed by atoms with van der Waals surface area (Å²) in [5.41, 5.74) is 1.84. The lowest BCUT2D eigenvalue weighted by atomic mass is 9.90. The van der Waals surface area contributed by atoms with Crippen molar-refractivity contribution in [3.8, 4) is 0 Å². The van der Waals surface area contributed by atoms with Crippen molar-refractivity contribution in [3.05, 3.63) is 35.4 Å². The lowest BCUT2D eigenvalue weighted by Crippen LogP contribution is -2.27. The monoisotopic (exact) mass is 404 g/mol. The Morgan fingerprint density at radius 3 is 2.00 bits per heavy atom. The second-order valence-corrected chi connectivity index (χ2v) is 8.90. The predicted molar refractivity (Wildman–Crippen MR) is 118 cm³/mol. The van der Waals surface area contributed by atoms with Gasteiger partial charge < -0.3 is 9.47 Å². The van der Waals surface area contributed by atoms with Gasteiger partial charge in [-0.05, 0) is 69.6 Å². The number of ether oxygens (including phenoxy) is 2. The Morgan fingerprint density at radius 1 is 0.828 bits per heavy atom. The number of hydrogen-bond acceptors (Lipinski definition) is 4. The summed E-state index contributed by atoms with van der Waals surface area (Å²) in [5.74, 6) is 0.268. The van der Waals surface area contributed by atoms with Crippen LogP contribution in [0.1, 0.15) is 90.1 Å². The molecule has 0 radical (unpaired) electrons. The number of carbonyl (C=O) groups excluding carboxylic acids is 2. The smallest absolute Gasteiger partial charge is 0.338 e. The molecule has 0 saturated heterocycles. The first-order valence-electron chi connectivity index (χ1n) is 11.1. The van der Waals surface area contributed by atoms with Gasteiger partial charge in [-0.25, -0.2) is 4.79 Å². The molecular formula is C25H40O4. The number of carbonyl (C=O) groups is 2. The van der Waals surface area contributed by atoms with E-state index in [0.29, 0.717) is 17.4 Å². The molecule has 29 heavy (non-hydrogen) atoms. The van der Waals surface area contributed by atoms with Crippen LogP contribution in [-0.4, -0.2) is 24.1 Å². The lowest BCUT2D eigenvalue weighted by Gasteiger charge is -2.23. The third kappa shape index (κ3) is 9.47. The molecule has 1 aromatic rings. The highest BCUT2D eigenvalue weighted by Crippen LogP contribution is 2.22. The molecule has 0 bridgehead atoms. The number of unbranched alkanes of at least 4 members (excludes halogenated alkanes) is 2. The van der Waals surface area contributed by atoms with E-state index in [1.54, 1.807) is 0 Å². The largest absolute Gasteiger partial charge is 0.462 e. The van der Waals surface area contributed by atoms with Crippen LogP contribution in [0.4, 0.5) is 0 Å². The highest BCUT2D eigenvalue weighted by Gasteiger charge is 2.23. The summed E-state index contributed by atoms with van der Waals surface area (Å²) < 4.78 is 10.8. The molecule has 3 atom stereocenters. The summed E-state index contributed by atoms with van der Waals surface area (Å²) in [5, 5.41) is 0. The van der Waals surface area contributed by atoms with Gasteiger partial charge in [-0.2, -0.15) is 0 Å². The SMILES string of the molecule is CC(C)OC(=O)c1ccc(CCCCCC(C)C(C)C(=O)OC(C)C(C)C)cc1. The third-order valence-corrected chi connectivity index (χ3v) is 5.62. The highest BCUT2D eigenvalue weighted by molar-refractivity contribution is 5.89. The molecule has 3 unspecified atom stereocenters. The van der Waals surface area contributed by atoms with E-state index >= 15 is 0 Å². The van der Waals surface area contributed by atoms with Crippen LogP contribution in [0.3, 0.4) is 0 Å². The van der Waals surface area contributed by atoms with Gasteiger partial charge in [-0.15, -0.1) is 0 Å². The van der Waals surface area contributed by atoms with Crippen molar-refractivity contribution in [1.82, 2.24) is 0 Å². The molecular weight excluding hydrogens is 364 g/mol. The maximum absolute atomic E-state index is 12.3. The van der Waals surface area contributed by atoms with Gasteiger partial charge in [0.15, 0.2) is 0 Å². The van der Waals surface area contributed by atoms with E-state index in [2.05, 4.69) is 20.8 Å². The van der Waals surface area contributed by atoms with Crippen molar-refractivity contribution in [2.45, 2.75) is 92.8 Å². The number of esters is 2. The molecule has 1 aromatic carbocycles. The second kappa shape index (κ2) is 12.7.